The first-order valence-corrected chi connectivity index (χ1v) is 5.09. The molecule has 2 unspecified atom stereocenters. The second-order valence-electron chi connectivity index (χ2n) is 4.02. The number of hydrogen-bond acceptors (Lipinski definition) is 2. The Morgan fingerprint density at radius 2 is 2.36 bits per heavy atom. The van der Waals surface area contributed by atoms with Crippen LogP contribution < -0.4 is 5.73 Å². The van der Waals surface area contributed by atoms with E-state index >= 15 is 0 Å². The number of nitrogens with zero attached hydrogens (tertiary/aromatic N) is 1. The molecule has 0 heterocycles. The van der Waals surface area contributed by atoms with Crippen molar-refractivity contribution in [1.82, 2.24) is 4.90 Å². The van der Waals surface area contributed by atoms with Crippen molar-refractivity contribution in [3.63, 3.8) is 0 Å². The Balaban J connectivity index is 2.47. The molecule has 2 N–H and O–H groups in total. The van der Waals surface area contributed by atoms with Crippen LogP contribution in [0, 0.1) is 18.3 Å². The lowest BCUT2D eigenvalue weighted by atomic mass is 9.85. The largest absolute Gasteiger partial charge is 0.334 e. The highest BCUT2D eigenvalue weighted by atomic mass is 16.2. The fourth-order valence-electron chi connectivity index (χ4n) is 1.98. The van der Waals surface area contributed by atoms with Gasteiger partial charge in [-0.05, 0) is 19.3 Å². The van der Waals surface area contributed by atoms with Gasteiger partial charge in [-0.2, -0.15) is 0 Å². The van der Waals surface area contributed by atoms with Crippen LogP contribution in [0.25, 0.3) is 0 Å². The van der Waals surface area contributed by atoms with Gasteiger partial charge in [-0.3, -0.25) is 4.79 Å². The van der Waals surface area contributed by atoms with Crippen molar-refractivity contribution in [2.24, 2.45) is 11.7 Å². The zero-order valence-electron chi connectivity index (χ0n) is 8.70. The van der Waals surface area contributed by atoms with Gasteiger partial charge in [-0.1, -0.05) is 12.3 Å². The zero-order chi connectivity index (χ0) is 10.6. The summed E-state index contributed by atoms with van der Waals surface area (Å²) in [5.74, 6) is 2.72. The van der Waals surface area contributed by atoms with Gasteiger partial charge in [0.1, 0.15) is 0 Å². The lowest BCUT2D eigenvalue weighted by Gasteiger charge is -2.28. The monoisotopic (exact) mass is 194 g/mol. The van der Waals surface area contributed by atoms with Crippen LogP contribution in [0.3, 0.4) is 0 Å². The van der Waals surface area contributed by atoms with Crippen LogP contribution in [0.5, 0.6) is 0 Å². The third-order valence-corrected chi connectivity index (χ3v) is 2.77. The first-order chi connectivity index (χ1) is 6.65. The summed E-state index contributed by atoms with van der Waals surface area (Å²) in [4.78, 5) is 13.4. The molecule has 14 heavy (non-hydrogen) atoms. The summed E-state index contributed by atoms with van der Waals surface area (Å²) in [5.41, 5.74) is 5.83. The number of rotatable bonds is 2. The summed E-state index contributed by atoms with van der Waals surface area (Å²) in [5, 5.41) is 0. The van der Waals surface area contributed by atoms with E-state index in [9.17, 15) is 4.79 Å². The van der Waals surface area contributed by atoms with Gasteiger partial charge in [0.25, 0.3) is 0 Å². The molecule has 0 bridgehead atoms. The van der Waals surface area contributed by atoms with Crippen LogP contribution in [0.2, 0.25) is 0 Å². The van der Waals surface area contributed by atoms with Crippen LogP contribution in [0.15, 0.2) is 0 Å². The lowest BCUT2D eigenvalue weighted by Crippen LogP contribution is -2.38. The minimum Gasteiger partial charge on any atom is -0.334 e. The molecular weight excluding hydrogens is 176 g/mol. The molecule has 3 nitrogen and oxygen atoms in total. The molecule has 1 aliphatic carbocycles. The van der Waals surface area contributed by atoms with E-state index in [4.69, 9.17) is 12.2 Å². The molecule has 2 atom stereocenters. The molecule has 3 heteroatoms. The lowest BCUT2D eigenvalue weighted by molar-refractivity contribution is -0.134. The Morgan fingerprint density at radius 1 is 1.64 bits per heavy atom. The molecule has 0 saturated heterocycles. The molecule has 0 spiro atoms. The summed E-state index contributed by atoms with van der Waals surface area (Å²) in [6.45, 7) is 0.393. The van der Waals surface area contributed by atoms with Crippen LogP contribution in [0.4, 0.5) is 0 Å². The van der Waals surface area contributed by atoms with Gasteiger partial charge in [0.15, 0.2) is 0 Å². The van der Waals surface area contributed by atoms with E-state index in [1.165, 1.54) is 0 Å². The number of carbonyl (C=O) groups is 1. The summed E-state index contributed by atoms with van der Waals surface area (Å²) in [6, 6.07) is 0.192. The van der Waals surface area contributed by atoms with Gasteiger partial charge >= 0.3 is 0 Å². The average molecular weight is 194 g/mol. The van der Waals surface area contributed by atoms with Gasteiger partial charge in [0.2, 0.25) is 5.91 Å². The highest BCUT2D eigenvalue weighted by molar-refractivity contribution is 5.79. The minimum atomic E-state index is 0.0945. The van der Waals surface area contributed by atoms with E-state index in [-0.39, 0.29) is 17.9 Å². The summed E-state index contributed by atoms with van der Waals surface area (Å²) < 4.78 is 0. The Bertz CT molecular complexity index is 244. The molecule has 1 amide bonds. The van der Waals surface area contributed by atoms with Crippen molar-refractivity contribution in [2.45, 2.75) is 31.7 Å². The maximum absolute atomic E-state index is 11.8. The highest BCUT2D eigenvalue weighted by Crippen LogP contribution is 2.24. The minimum absolute atomic E-state index is 0.0945. The Kier molecular flexibility index (Phi) is 3.97. The number of carbonyl (C=O) groups excluding carboxylic acids is 1. The third-order valence-electron chi connectivity index (χ3n) is 2.77. The topological polar surface area (TPSA) is 46.3 Å². The third kappa shape index (κ3) is 2.74. The van der Waals surface area contributed by atoms with Crippen LogP contribution in [-0.4, -0.2) is 30.4 Å². The number of terminal acetylenes is 1. The maximum atomic E-state index is 11.8. The Hall–Kier alpha value is -1.01. The van der Waals surface area contributed by atoms with Crippen LogP contribution >= 0.6 is 0 Å². The Labute approximate surface area is 85.6 Å². The molecule has 0 radical (unpaired) electrons. The van der Waals surface area contributed by atoms with Gasteiger partial charge in [-0.25, -0.2) is 0 Å². The second kappa shape index (κ2) is 5.02. The Morgan fingerprint density at radius 3 is 2.93 bits per heavy atom. The van der Waals surface area contributed by atoms with Gasteiger partial charge in [0.05, 0.1) is 6.54 Å². The quantitative estimate of drug-likeness (QED) is 0.654. The summed E-state index contributed by atoms with van der Waals surface area (Å²) in [7, 11) is 1.75. The van der Waals surface area contributed by atoms with Crippen molar-refractivity contribution in [3.05, 3.63) is 0 Å². The maximum Gasteiger partial charge on any atom is 0.226 e. The molecular formula is C11H18N2O. The van der Waals surface area contributed by atoms with E-state index in [1.807, 2.05) is 0 Å². The van der Waals surface area contributed by atoms with E-state index in [0.717, 1.165) is 25.7 Å². The number of hydrogen-bond donors (Lipinski definition) is 1. The number of amides is 1. The predicted molar refractivity (Wildman–Crippen MR) is 56.4 cm³/mol. The normalized spacial score (nSPS) is 26.6. The van der Waals surface area contributed by atoms with E-state index < -0.39 is 0 Å². The van der Waals surface area contributed by atoms with E-state index in [1.54, 1.807) is 11.9 Å². The van der Waals surface area contributed by atoms with E-state index in [0.29, 0.717) is 6.54 Å². The average Bonchev–Trinajstić information content (AvgIpc) is 2.17. The first kappa shape index (κ1) is 11.1. The zero-order valence-corrected chi connectivity index (χ0v) is 8.70. The molecule has 1 saturated carbocycles. The smallest absolute Gasteiger partial charge is 0.226 e. The molecule has 0 aromatic carbocycles. The SMILES string of the molecule is C#CCN(C)C(=O)C1CCCC(N)C1. The number of nitrogens with two attached hydrogens (primary N) is 1. The molecule has 1 rings (SSSR count). The molecule has 78 valence electrons. The van der Waals surface area contributed by atoms with Crippen molar-refractivity contribution in [3.8, 4) is 12.3 Å². The molecule has 1 aliphatic rings. The fraction of sp³-hybridized carbons (Fsp3) is 0.727. The predicted octanol–water partition coefficient (Wildman–Crippen LogP) is 0.596. The van der Waals surface area contributed by atoms with Crippen molar-refractivity contribution in [1.29, 1.82) is 0 Å². The molecule has 0 aromatic rings. The van der Waals surface area contributed by atoms with E-state index in [2.05, 4.69) is 5.92 Å². The summed E-state index contributed by atoms with van der Waals surface area (Å²) >= 11 is 0. The first-order valence-electron chi connectivity index (χ1n) is 5.09. The van der Waals surface area contributed by atoms with Gasteiger partial charge in [-0.15, -0.1) is 6.42 Å². The fourth-order valence-corrected chi connectivity index (χ4v) is 1.98. The second-order valence-corrected chi connectivity index (χ2v) is 4.02. The standard InChI is InChI=1S/C11H18N2O/c1-3-7-13(2)11(14)9-5-4-6-10(12)8-9/h1,9-10H,4-8,12H2,2H3. The van der Waals surface area contributed by atoms with Crippen molar-refractivity contribution >= 4 is 5.91 Å². The van der Waals surface area contributed by atoms with Gasteiger partial charge in [0, 0.05) is 19.0 Å². The van der Waals surface area contributed by atoms with Crippen molar-refractivity contribution in [2.75, 3.05) is 13.6 Å². The van der Waals surface area contributed by atoms with Crippen molar-refractivity contribution < 1.29 is 4.79 Å². The van der Waals surface area contributed by atoms with Crippen LogP contribution in [0.1, 0.15) is 25.7 Å². The summed E-state index contributed by atoms with van der Waals surface area (Å²) in [6.07, 6.45) is 9.03. The highest BCUT2D eigenvalue weighted by Gasteiger charge is 2.26. The van der Waals surface area contributed by atoms with Gasteiger partial charge < -0.3 is 10.6 Å². The molecule has 0 aromatic heterocycles. The molecule has 1 fully saturated rings. The molecule has 0 aliphatic heterocycles. The van der Waals surface area contributed by atoms with Crippen LogP contribution in [-0.2, 0) is 4.79 Å².